The number of benzene rings is 1. The van der Waals surface area contributed by atoms with Gasteiger partial charge in [0.15, 0.2) is 0 Å². The maximum atomic E-state index is 6.41. The summed E-state index contributed by atoms with van der Waals surface area (Å²) in [5.41, 5.74) is 7.61. The van der Waals surface area contributed by atoms with E-state index in [1.807, 2.05) is 19.1 Å². The van der Waals surface area contributed by atoms with Gasteiger partial charge in [-0.3, -0.25) is 4.90 Å². The molecular formula is C18H30N2O. The number of hydrogen-bond acceptors (Lipinski definition) is 3. The minimum Gasteiger partial charge on any atom is -0.494 e. The summed E-state index contributed by atoms with van der Waals surface area (Å²) in [6, 6.07) is 9.11. The Bertz CT molecular complexity index is 412. The van der Waals surface area contributed by atoms with Gasteiger partial charge in [-0.2, -0.15) is 0 Å². The highest BCUT2D eigenvalue weighted by Crippen LogP contribution is 2.29. The largest absolute Gasteiger partial charge is 0.494 e. The molecule has 21 heavy (non-hydrogen) atoms. The Morgan fingerprint density at radius 1 is 1.24 bits per heavy atom. The predicted molar refractivity (Wildman–Crippen MR) is 88.6 cm³/mol. The summed E-state index contributed by atoms with van der Waals surface area (Å²) in [5, 5.41) is 0. The Balaban J connectivity index is 1.89. The molecule has 1 atom stereocenters. The number of rotatable bonds is 9. The van der Waals surface area contributed by atoms with Crippen LogP contribution in [0.25, 0.3) is 0 Å². The second-order valence-electron chi connectivity index (χ2n) is 6.52. The van der Waals surface area contributed by atoms with Crippen LogP contribution in [0.5, 0.6) is 5.75 Å². The van der Waals surface area contributed by atoms with Crippen LogP contribution in [0.3, 0.4) is 0 Å². The second-order valence-corrected chi connectivity index (χ2v) is 6.52. The van der Waals surface area contributed by atoms with Gasteiger partial charge in [0.05, 0.1) is 6.61 Å². The van der Waals surface area contributed by atoms with Crippen LogP contribution < -0.4 is 10.5 Å². The SMILES string of the molecule is CCOc1ccc(C(N)CN(CCC(C)C)C2CC2)cc1. The van der Waals surface area contributed by atoms with Gasteiger partial charge in [0.2, 0.25) is 0 Å². The molecule has 0 aliphatic heterocycles. The van der Waals surface area contributed by atoms with Crippen molar-refractivity contribution >= 4 is 0 Å². The van der Waals surface area contributed by atoms with Crippen molar-refractivity contribution in [2.45, 2.75) is 52.1 Å². The number of nitrogens with zero attached hydrogens (tertiary/aromatic N) is 1. The lowest BCUT2D eigenvalue weighted by atomic mass is 10.1. The molecule has 1 aromatic carbocycles. The van der Waals surface area contributed by atoms with Gasteiger partial charge in [0.25, 0.3) is 0 Å². The first-order valence-electron chi connectivity index (χ1n) is 8.32. The lowest BCUT2D eigenvalue weighted by Gasteiger charge is -2.26. The third kappa shape index (κ3) is 5.33. The highest BCUT2D eigenvalue weighted by molar-refractivity contribution is 5.29. The molecule has 0 heterocycles. The Labute approximate surface area is 129 Å². The summed E-state index contributed by atoms with van der Waals surface area (Å²) in [5.74, 6) is 1.68. The lowest BCUT2D eigenvalue weighted by molar-refractivity contribution is 0.233. The normalized spacial score (nSPS) is 16.5. The molecule has 1 unspecified atom stereocenters. The maximum Gasteiger partial charge on any atom is 0.119 e. The van der Waals surface area contributed by atoms with Crippen LogP contribution in [0.15, 0.2) is 24.3 Å². The van der Waals surface area contributed by atoms with E-state index in [2.05, 4.69) is 30.9 Å². The molecule has 2 rings (SSSR count). The van der Waals surface area contributed by atoms with E-state index in [4.69, 9.17) is 10.5 Å². The van der Waals surface area contributed by atoms with E-state index >= 15 is 0 Å². The van der Waals surface area contributed by atoms with Crippen molar-refractivity contribution in [3.63, 3.8) is 0 Å². The minimum atomic E-state index is 0.0911. The van der Waals surface area contributed by atoms with Gasteiger partial charge < -0.3 is 10.5 Å². The average molecular weight is 290 g/mol. The fourth-order valence-electron chi connectivity index (χ4n) is 2.62. The Morgan fingerprint density at radius 2 is 1.90 bits per heavy atom. The molecule has 0 radical (unpaired) electrons. The van der Waals surface area contributed by atoms with E-state index in [-0.39, 0.29) is 6.04 Å². The van der Waals surface area contributed by atoms with Crippen molar-refractivity contribution in [3.05, 3.63) is 29.8 Å². The van der Waals surface area contributed by atoms with Gasteiger partial charge in [-0.1, -0.05) is 26.0 Å². The Hall–Kier alpha value is -1.06. The summed E-state index contributed by atoms with van der Waals surface area (Å²) in [4.78, 5) is 2.58. The quantitative estimate of drug-likeness (QED) is 0.755. The van der Waals surface area contributed by atoms with Crippen LogP contribution in [-0.2, 0) is 0 Å². The zero-order valence-electron chi connectivity index (χ0n) is 13.7. The molecule has 2 N–H and O–H groups in total. The van der Waals surface area contributed by atoms with E-state index in [9.17, 15) is 0 Å². The van der Waals surface area contributed by atoms with Crippen LogP contribution >= 0.6 is 0 Å². The van der Waals surface area contributed by atoms with Gasteiger partial charge in [0, 0.05) is 18.6 Å². The van der Waals surface area contributed by atoms with Crippen LogP contribution in [0.4, 0.5) is 0 Å². The van der Waals surface area contributed by atoms with Crippen molar-refractivity contribution in [1.82, 2.24) is 4.90 Å². The van der Waals surface area contributed by atoms with Crippen LogP contribution in [0.1, 0.15) is 51.6 Å². The van der Waals surface area contributed by atoms with Crippen molar-refractivity contribution in [1.29, 1.82) is 0 Å². The van der Waals surface area contributed by atoms with Crippen molar-refractivity contribution in [2.24, 2.45) is 11.7 Å². The molecule has 0 bridgehead atoms. The molecule has 1 saturated carbocycles. The van der Waals surface area contributed by atoms with Crippen LogP contribution in [0.2, 0.25) is 0 Å². The third-order valence-electron chi connectivity index (χ3n) is 4.11. The van der Waals surface area contributed by atoms with Crippen molar-refractivity contribution < 1.29 is 4.74 Å². The third-order valence-corrected chi connectivity index (χ3v) is 4.11. The summed E-state index contributed by atoms with van der Waals surface area (Å²) in [6.45, 7) is 9.42. The molecule has 118 valence electrons. The maximum absolute atomic E-state index is 6.41. The predicted octanol–water partition coefficient (Wildman–Crippen LogP) is 3.60. The van der Waals surface area contributed by atoms with Gasteiger partial charge >= 0.3 is 0 Å². The molecule has 0 saturated heterocycles. The van der Waals surface area contributed by atoms with Crippen LogP contribution in [-0.4, -0.2) is 30.6 Å². The summed E-state index contributed by atoms with van der Waals surface area (Å²) < 4.78 is 5.48. The van der Waals surface area contributed by atoms with E-state index in [1.165, 1.54) is 31.4 Å². The minimum absolute atomic E-state index is 0.0911. The summed E-state index contributed by atoms with van der Waals surface area (Å²) >= 11 is 0. The Kier molecular flexibility index (Phi) is 6.07. The van der Waals surface area contributed by atoms with Crippen molar-refractivity contribution in [3.8, 4) is 5.75 Å². The van der Waals surface area contributed by atoms with Crippen molar-refractivity contribution in [2.75, 3.05) is 19.7 Å². The number of ether oxygens (including phenoxy) is 1. The topological polar surface area (TPSA) is 38.5 Å². The zero-order valence-corrected chi connectivity index (χ0v) is 13.7. The standard InChI is InChI=1S/C18H30N2O/c1-4-21-17-9-5-15(6-10-17)18(19)13-20(16-7-8-16)12-11-14(2)3/h5-6,9-10,14,16,18H,4,7-8,11-13,19H2,1-3H3. The van der Waals surface area contributed by atoms with Gasteiger partial charge in [0.1, 0.15) is 5.75 Å². The van der Waals surface area contributed by atoms with E-state index in [0.717, 1.165) is 24.3 Å². The number of hydrogen-bond donors (Lipinski definition) is 1. The molecule has 0 aromatic heterocycles. The first-order valence-corrected chi connectivity index (χ1v) is 8.32. The lowest BCUT2D eigenvalue weighted by Crippen LogP contribution is -2.35. The molecule has 0 spiro atoms. The van der Waals surface area contributed by atoms with Crippen LogP contribution in [0, 0.1) is 5.92 Å². The molecule has 3 heteroatoms. The molecular weight excluding hydrogens is 260 g/mol. The molecule has 3 nitrogen and oxygen atoms in total. The Morgan fingerprint density at radius 3 is 2.43 bits per heavy atom. The first-order chi connectivity index (χ1) is 10.1. The fourth-order valence-corrected chi connectivity index (χ4v) is 2.62. The first kappa shape index (κ1) is 16.3. The number of nitrogens with two attached hydrogens (primary N) is 1. The highest BCUT2D eigenvalue weighted by atomic mass is 16.5. The van der Waals surface area contributed by atoms with Gasteiger partial charge in [-0.05, 0) is 56.3 Å². The monoisotopic (exact) mass is 290 g/mol. The molecule has 1 aliphatic carbocycles. The fraction of sp³-hybridized carbons (Fsp3) is 0.667. The van der Waals surface area contributed by atoms with E-state index in [1.54, 1.807) is 0 Å². The second kappa shape index (κ2) is 7.81. The average Bonchev–Trinajstić information content (AvgIpc) is 3.28. The van der Waals surface area contributed by atoms with E-state index in [0.29, 0.717) is 6.61 Å². The summed E-state index contributed by atoms with van der Waals surface area (Å²) in [6.07, 6.45) is 3.94. The van der Waals surface area contributed by atoms with Gasteiger partial charge in [-0.15, -0.1) is 0 Å². The van der Waals surface area contributed by atoms with Gasteiger partial charge in [-0.25, -0.2) is 0 Å². The highest BCUT2D eigenvalue weighted by Gasteiger charge is 2.29. The molecule has 1 aromatic rings. The zero-order chi connectivity index (χ0) is 15.2. The molecule has 1 aliphatic rings. The molecule has 0 amide bonds. The smallest absolute Gasteiger partial charge is 0.119 e. The molecule has 1 fully saturated rings. The van der Waals surface area contributed by atoms with E-state index < -0.39 is 0 Å². The summed E-state index contributed by atoms with van der Waals surface area (Å²) in [7, 11) is 0.